The van der Waals surface area contributed by atoms with E-state index in [1.807, 2.05) is 55.9 Å². The highest BCUT2D eigenvalue weighted by Crippen LogP contribution is 2.25. The summed E-state index contributed by atoms with van der Waals surface area (Å²) in [6.45, 7) is 4.01. The van der Waals surface area contributed by atoms with E-state index in [2.05, 4.69) is 20.3 Å². The van der Waals surface area contributed by atoms with E-state index in [9.17, 15) is 0 Å². The largest absolute Gasteiger partial charge is 0.272 e. The van der Waals surface area contributed by atoms with Gasteiger partial charge in [-0.25, -0.2) is 4.98 Å². The second-order valence-electron chi connectivity index (χ2n) is 4.54. The van der Waals surface area contributed by atoms with Gasteiger partial charge in [0.05, 0.1) is 11.3 Å². The van der Waals surface area contributed by atoms with E-state index in [1.54, 1.807) is 0 Å². The van der Waals surface area contributed by atoms with Crippen molar-refractivity contribution in [2.75, 3.05) is 0 Å². The second-order valence-corrected chi connectivity index (χ2v) is 4.54. The van der Waals surface area contributed by atoms with Crippen LogP contribution in [0.2, 0.25) is 0 Å². The average molecular weight is 253 g/mol. The van der Waals surface area contributed by atoms with E-state index in [-0.39, 0.29) is 0 Å². The molecule has 0 saturated carbocycles. The highest BCUT2D eigenvalue weighted by atomic mass is 15.3. The molecule has 0 saturated heterocycles. The van der Waals surface area contributed by atoms with Crippen LogP contribution in [0, 0.1) is 13.8 Å². The molecule has 0 bridgehead atoms. The first-order valence-corrected chi connectivity index (χ1v) is 6.15. The van der Waals surface area contributed by atoms with Crippen LogP contribution in [0.15, 0.2) is 30.3 Å². The van der Waals surface area contributed by atoms with Crippen LogP contribution in [-0.4, -0.2) is 25.0 Å². The summed E-state index contributed by atoms with van der Waals surface area (Å²) in [5.74, 6) is 1.47. The first kappa shape index (κ1) is 11.6. The summed E-state index contributed by atoms with van der Waals surface area (Å²) in [5.41, 5.74) is 4.06. The molecule has 5 nitrogen and oxygen atoms in total. The van der Waals surface area contributed by atoms with Crippen molar-refractivity contribution in [2.24, 2.45) is 7.05 Å². The van der Waals surface area contributed by atoms with Crippen LogP contribution < -0.4 is 0 Å². The third kappa shape index (κ3) is 1.93. The molecule has 1 N–H and O–H groups in total. The van der Waals surface area contributed by atoms with Gasteiger partial charge in [0.15, 0.2) is 11.6 Å². The van der Waals surface area contributed by atoms with Crippen LogP contribution in [0.5, 0.6) is 0 Å². The number of hydrogen-bond acceptors (Lipinski definition) is 3. The Morgan fingerprint density at radius 3 is 2.47 bits per heavy atom. The van der Waals surface area contributed by atoms with Gasteiger partial charge in [0, 0.05) is 18.3 Å². The van der Waals surface area contributed by atoms with Gasteiger partial charge in [-0.05, 0) is 13.8 Å². The minimum Gasteiger partial charge on any atom is -0.272 e. The van der Waals surface area contributed by atoms with Gasteiger partial charge < -0.3 is 0 Å². The number of aromatic nitrogens is 5. The number of H-pyrrole nitrogens is 1. The second kappa shape index (κ2) is 4.35. The smallest absolute Gasteiger partial charge is 0.181 e. The number of benzene rings is 1. The van der Waals surface area contributed by atoms with Crippen LogP contribution in [0.25, 0.3) is 22.8 Å². The molecule has 2 aromatic heterocycles. The summed E-state index contributed by atoms with van der Waals surface area (Å²) in [4.78, 5) is 4.57. The van der Waals surface area contributed by atoms with Gasteiger partial charge >= 0.3 is 0 Å². The molecular weight excluding hydrogens is 238 g/mol. The lowest BCUT2D eigenvalue weighted by molar-refractivity contribution is 0.731. The molecule has 0 atom stereocenters. The minimum absolute atomic E-state index is 0.707. The maximum absolute atomic E-state index is 4.57. The predicted molar refractivity (Wildman–Crippen MR) is 73.5 cm³/mol. The molecule has 1 aromatic carbocycles. The normalized spacial score (nSPS) is 10.9. The van der Waals surface area contributed by atoms with E-state index in [4.69, 9.17) is 0 Å². The fraction of sp³-hybridized carbons (Fsp3) is 0.214. The molecule has 96 valence electrons. The van der Waals surface area contributed by atoms with Crippen LogP contribution in [0.3, 0.4) is 0 Å². The van der Waals surface area contributed by atoms with Crippen LogP contribution in [0.1, 0.15) is 11.4 Å². The molecular formula is C14H15N5. The van der Waals surface area contributed by atoms with Crippen molar-refractivity contribution in [1.82, 2.24) is 25.0 Å². The van der Waals surface area contributed by atoms with Gasteiger partial charge in [-0.15, -0.1) is 0 Å². The maximum atomic E-state index is 4.57. The van der Waals surface area contributed by atoms with Crippen LogP contribution >= 0.6 is 0 Å². The zero-order valence-corrected chi connectivity index (χ0v) is 11.2. The Hall–Kier alpha value is -2.43. The molecule has 0 spiro atoms. The molecule has 0 amide bonds. The van der Waals surface area contributed by atoms with E-state index in [0.29, 0.717) is 5.82 Å². The van der Waals surface area contributed by atoms with Gasteiger partial charge in [0.1, 0.15) is 0 Å². The molecule has 0 radical (unpaired) electrons. The summed E-state index contributed by atoms with van der Waals surface area (Å²) >= 11 is 0. The van der Waals surface area contributed by atoms with E-state index in [1.165, 1.54) is 0 Å². The summed E-state index contributed by atoms with van der Waals surface area (Å²) in [6.07, 6.45) is 0. The Bertz CT molecular complexity index is 709. The minimum atomic E-state index is 0.707. The lowest BCUT2D eigenvalue weighted by Crippen LogP contribution is -1.93. The number of aryl methyl sites for hydroxylation is 2. The monoisotopic (exact) mass is 253 g/mol. The molecule has 3 rings (SSSR count). The number of nitrogens with zero attached hydrogens (tertiary/aromatic N) is 4. The summed E-state index contributed by atoms with van der Waals surface area (Å²) in [6, 6.07) is 9.93. The Labute approximate surface area is 111 Å². The van der Waals surface area contributed by atoms with Crippen molar-refractivity contribution < 1.29 is 0 Å². The zero-order chi connectivity index (χ0) is 13.4. The summed E-state index contributed by atoms with van der Waals surface area (Å²) < 4.78 is 1.86. The topological polar surface area (TPSA) is 59.4 Å². The van der Waals surface area contributed by atoms with Crippen molar-refractivity contribution in [3.05, 3.63) is 41.7 Å². The van der Waals surface area contributed by atoms with E-state index >= 15 is 0 Å². The number of aromatic amines is 1. The number of rotatable bonds is 2. The third-order valence-corrected chi connectivity index (χ3v) is 3.26. The first-order chi connectivity index (χ1) is 9.16. The summed E-state index contributed by atoms with van der Waals surface area (Å²) in [7, 11) is 1.93. The molecule has 0 fully saturated rings. The molecule has 0 unspecified atom stereocenters. The fourth-order valence-electron chi connectivity index (χ4n) is 2.21. The van der Waals surface area contributed by atoms with Gasteiger partial charge in [-0.2, -0.15) is 10.2 Å². The Morgan fingerprint density at radius 1 is 1.11 bits per heavy atom. The molecule has 5 heteroatoms. The lowest BCUT2D eigenvalue weighted by atomic mass is 10.2. The quantitative estimate of drug-likeness (QED) is 0.763. The fourth-order valence-corrected chi connectivity index (χ4v) is 2.21. The standard InChI is InChI=1S/C14H15N5/c1-9-12(10(2)19(3)18-9)14-15-13(16-17-14)11-7-5-4-6-8-11/h4-8H,1-3H3,(H,15,16,17). The molecule has 0 aliphatic heterocycles. The molecule has 19 heavy (non-hydrogen) atoms. The van der Waals surface area contributed by atoms with Gasteiger partial charge in [-0.1, -0.05) is 30.3 Å². The predicted octanol–water partition coefficient (Wildman–Crippen LogP) is 2.49. The van der Waals surface area contributed by atoms with Gasteiger partial charge in [-0.3, -0.25) is 9.78 Å². The van der Waals surface area contributed by atoms with Gasteiger partial charge in [0.25, 0.3) is 0 Å². The van der Waals surface area contributed by atoms with Crippen LogP contribution in [0.4, 0.5) is 0 Å². The summed E-state index contributed by atoms with van der Waals surface area (Å²) in [5, 5.41) is 11.7. The highest BCUT2D eigenvalue weighted by molar-refractivity contribution is 5.64. The van der Waals surface area contributed by atoms with Gasteiger partial charge in [0.2, 0.25) is 0 Å². The first-order valence-electron chi connectivity index (χ1n) is 6.15. The van der Waals surface area contributed by atoms with Crippen molar-refractivity contribution in [1.29, 1.82) is 0 Å². The van der Waals surface area contributed by atoms with E-state index < -0.39 is 0 Å². The molecule has 0 aliphatic carbocycles. The Morgan fingerprint density at radius 2 is 1.84 bits per heavy atom. The van der Waals surface area contributed by atoms with Crippen molar-refractivity contribution in [3.8, 4) is 22.8 Å². The highest BCUT2D eigenvalue weighted by Gasteiger charge is 2.15. The Balaban J connectivity index is 2.07. The third-order valence-electron chi connectivity index (χ3n) is 3.26. The SMILES string of the molecule is Cc1nn(C)c(C)c1-c1nc(-c2ccccc2)n[nH]1. The van der Waals surface area contributed by atoms with Crippen molar-refractivity contribution in [2.45, 2.75) is 13.8 Å². The lowest BCUT2D eigenvalue weighted by Gasteiger charge is -1.96. The number of hydrogen-bond donors (Lipinski definition) is 1. The zero-order valence-electron chi connectivity index (χ0n) is 11.2. The van der Waals surface area contributed by atoms with Crippen LogP contribution in [-0.2, 0) is 7.05 Å². The molecule has 0 aliphatic rings. The average Bonchev–Trinajstić information content (AvgIpc) is 2.97. The van der Waals surface area contributed by atoms with Crippen molar-refractivity contribution in [3.63, 3.8) is 0 Å². The van der Waals surface area contributed by atoms with Crippen molar-refractivity contribution >= 4 is 0 Å². The van der Waals surface area contributed by atoms with E-state index in [0.717, 1.165) is 28.3 Å². The molecule has 2 heterocycles. The maximum Gasteiger partial charge on any atom is 0.181 e. The number of nitrogens with one attached hydrogen (secondary N) is 1. The molecule has 3 aromatic rings. The Kier molecular flexibility index (Phi) is 2.67.